The monoisotopic (exact) mass is 401 g/mol. The molecule has 4 atom stereocenters. The summed E-state index contributed by atoms with van der Waals surface area (Å²) in [5.74, 6) is -1.82. The second-order valence-electron chi connectivity index (χ2n) is 6.44. The van der Waals surface area contributed by atoms with Gasteiger partial charge in [0.2, 0.25) is 0 Å². The van der Waals surface area contributed by atoms with Crippen molar-refractivity contribution < 1.29 is 33.3 Å². The molecule has 1 saturated heterocycles. The van der Waals surface area contributed by atoms with Crippen LogP contribution in [0, 0.1) is 11.3 Å². The largest absolute Gasteiger partial charge is 0.463 e. The fourth-order valence-electron chi connectivity index (χ4n) is 3.24. The number of hydrogen-bond donors (Lipinski definition) is 0. The van der Waals surface area contributed by atoms with Gasteiger partial charge < -0.3 is 18.9 Å². The fraction of sp³-hybridized carbons (Fsp3) is 0.421. The Labute approximate surface area is 165 Å². The van der Waals surface area contributed by atoms with E-state index in [0.717, 1.165) is 0 Å². The molecule has 3 rings (SSSR count). The van der Waals surface area contributed by atoms with Crippen LogP contribution in [-0.2, 0) is 33.3 Å². The molecule has 0 unspecified atom stereocenters. The lowest BCUT2D eigenvalue weighted by Crippen LogP contribution is -2.40. The number of hydrogen-bond acceptors (Lipinski definition) is 9. The van der Waals surface area contributed by atoms with Crippen molar-refractivity contribution in [2.24, 2.45) is 0 Å². The quantitative estimate of drug-likeness (QED) is 0.536. The van der Waals surface area contributed by atoms with Gasteiger partial charge >= 0.3 is 17.9 Å². The third-order valence-electron chi connectivity index (χ3n) is 4.29. The van der Waals surface area contributed by atoms with Gasteiger partial charge in [-0.3, -0.25) is 14.4 Å². The number of benzene rings is 1. The fourth-order valence-corrected chi connectivity index (χ4v) is 3.24. The van der Waals surface area contributed by atoms with Crippen LogP contribution in [0.5, 0.6) is 0 Å². The van der Waals surface area contributed by atoms with Crippen LogP contribution in [0.4, 0.5) is 0 Å². The molecular formula is C19H19N3O7. The van der Waals surface area contributed by atoms with Gasteiger partial charge in [-0.25, -0.2) is 4.68 Å². The molecule has 2 heterocycles. The second-order valence-corrected chi connectivity index (χ2v) is 6.44. The number of carbonyl (C=O) groups is 3. The molecule has 2 aromatic rings. The molecule has 1 aromatic carbocycles. The lowest BCUT2D eigenvalue weighted by atomic mass is 10.1. The molecule has 152 valence electrons. The number of nitrogens with zero attached hydrogens (tertiary/aromatic N) is 3. The van der Waals surface area contributed by atoms with Crippen LogP contribution in [0.25, 0.3) is 10.9 Å². The topological polar surface area (TPSA) is 130 Å². The molecule has 0 saturated carbocycles. The van der Waals surface area contributed by atoms with Crippen molar-refractivity contribution in [2.45, 2.75) is 45.3 Å². The van der Waals surface area contributed by atoms with Crippen LogP contribution in [0.1, 0.15) is 32.7 Å². The minimum atomic E-state index is -1.10. The summed E-state index contributed by atoms with van der Waals surface area (Å²) >= 11 is 0. The van der Waals surface area contributed by atoms with E-state index in [-0.39, 0.29) is 12.3 Å². The number of aromatic nitrogens is 2. The van der Waals surface area contributed by atoms with Gasteiger partial charge in [0.1, 0.15) is 24.5 Å². The van der Waals surface area contributed by atoms with Crippen LogP contribution < -0.4 is 0 Å². The SMILES string of the molecule is CC(=O)OC[C@H]1O[C@@H](n2nc3ccccc3c2C#N)[C@H](OC(C)=O)[C@@H]1OC(C)=O. The Morgan fingerprint density at radius 2 is 1.76 bits per heavy atom. The van der Waals surface area contributed by atoms with Crippen molar-refractivity contribution in [1.82, 2.24) is 9.78 Å². The first kappa shape index (κ1) is 20.3. The average Bonchev–Trinajstić information content (AvgIpc) is 3.17. The third-order valence-corrected chi connectivity index (χ3v) is 4.29. The molecule has 0 amide bonds. The summed E-state index contributed by atoms with van der Waals surface area (Å²) in [7, 11) is 0. The molecule has 0 spiro atoms. The van der Waals surface area contributed by atoms with E-state index in [0.29, 0.717) is 10.9 Å². The Morgan fingerprint density at radius 1 is 1.10 bits per heavy atom. The van der Waals surface area contributed by atoms with E-state index in [1.54, 1.807) is 24.3 Å². The summed E-state index contributed by atoms with van der Waals surface area (Å²) in [5.41, 5.74) is 0.735. The van der Waals surface area contributed by atoms with E-state index in [1.165, 1.54) is 25.5 Å². The summed E-state index contributed by atoms with van der Waals surface area (Å²) in [6.07, 6.45) is -4.14. The molecule has 0 aliphatic carbocycles. The van der Waals surface area contributed by atoms with E-state index in [9.17, 15) is 19.6 Å². The molecule has 29 heavy (non-hydrogen) atoms. The first-order valence-corrected chi connectivity index (χ1v) is 8.82. The summed E-state index contributed by atoms with van der Waals surface area (Å²) in [6.45, 7) is 3.39. The van der Waals surface area contributed by atoms with Crippen LogP contribution in [0.15, 0.2) is 24.3 Å². The zero-order chi connectivity index (χ0) is 21.1. The number of carbonyl (C=O) groups excluding carboxylic acids is 3. The smallest absolute Gasteiger partial charge is 0.303 e. The highest BCUT2D eigenvalue weighted by Gasteiger charge is 2.51. The maximum absolute atomic E-state index is 11.7. The summed E-state index contributed by atoms with van der Waals surface area (Å²) < 4.78 is 22.9. The van der Waals surface area contributed by atoms with E-state index < -0.39 is 42.4 Å². The predicted molar refractivity (Wildman–Crippen MR) is 96.1 cm³/mol. The van der Waals surface area contributed by atoms with Gasteiger partial charge in [0, 0.05) is 26.2 Å². The van der Waals surface area contributed by atoms with Gasteiger partial charge in [0.15, 0.2) is 18.4 Å². The Bertz CT molecular complexity index is 993. The van der Waals surface area contributed by atoms with E-state index in [1.807, 2.05) is 0 Å². The van der Waals surface area contributed by atoms with Crippen LogP contribution in [0.3, 0.4) is 0 Å². The van der Waals surface area contributed by atoms with Crippen molar-refractivity contribution in [2.75, 3.05) is 6.61 Å². The van der Waals surface area contributed by atoms with E-state index in [4.69, 9.17) is 18.9 Å². The van der Waals surface area contributed by atoms with E-state index in [2.05, 4.69) is 11.2 Å². The molecule has 1 aliphatic rings. The second kappa shape index (κ2) is 8.28. The maximum Gasteiger partial charge on any atom is 0.303 e. The molecule has 1 aliphatic heterocycles. The van der Waals surface area contributed by atoms with Gasteiger partial charge in [-0.1, -0.05) is 12.1 Å². The van der Waals surface area contributed by atoms with Crippen LogP contribution in [0.2, 0.25) is 0 Å². The summed E-state index contributed by atoms with van der Waals surface area (Å²) in [6, 6.07) is 9.06. The molecule has 0 radical (unpaired) electrons. The van der Waals surface area contributed by atoms with Crippen molar-refractivity contribution in [3.05, 3.63) is 30.0 Å². The zero-order valence-electron chi connectivity index (χ0n) is 16.0. The minimum absolute atomic E-state index is 0.192. The Hall–Kier alpha value is -3.45. The number of ether oxygens (including phenoxy) is 4. The Kier molecular flexibility index (Phi) is 5.79. The van der Waals surface area contributed by atoms with Crippen molar-refractivity contribution in [3.63, 3.8) is 0 Å². The lowest BCUT2D eigenvalue weighted by Gasteiger charge is -2.23. The summed E-state index contributed by atoms with van der Waals surface area (Å²) in [4.78, 5) is 34.6. The van der Waals surface area contributed by atoms with Gasteiger partial charge in [0.05, 0.1) is 5.52 Å². The average molecular weight is 401 g/mol. The highest BCUT2D eigenvalue weighted by molar-refractivity contribution is 5.83. The summed E-state index contributed by atoms with van der Waals surface area (Å²) in [5, 5.41) is 14.6. The Balaban J connectivity index is 2.05. The van der Waals surface area contributed by atoms with Crippen molar-refractivity contribution in [1.29, 1.82) is 5.26 Å². The number of fused-ring (bicyclic) bond motifs is 1. The molecule has 10 nitrogen and oxygen atoms in total. The molecule has 0 N–H and O–H groups in total. The third kappa shape index (κ3) is 4.20. The van der Waals surface area contributed by atoms with Crippen molar-refractivity contribution >= 4 is 28.8 Å². The van der Waals surface area contributed by atoms with E-state index >= 15 is 0 Å². The molecule has 10 heteroatoms. The zero-order valence-corrected chi connectivity index (χ0v) is 16.0. The molecule has 1 fully saturated rings. The predicted octanol–water partition coefficient (Wildman–Crippen LogP) is 1.23. The highest BCUT2D eigenvalue weighted by atomic mass is 16.7. The highest BCUT2D eigenvalue weighted by Crippen LogP contribution is 2.36. The first-order valence-electron chi connectivity index (χ1n) is 8.82. The van der Waals surface area contributed by atoms with Crippen molar-refractivity contribution in [3.8, 4) is 6.07 Å². The standard InChI is InChI=1S/C19H19N3O7/c1-10(23)26-9-16-17(27-11(2)24)18(28-12(3)25)19(29-16)22-15(8-20)13-6-4-5-7-14(13)21-22/h4-7,16-19H,9H2,1-3H3/t16-,17-,18-,19-/m1/s1. The van der Waals surface area contributed by atoms with Crippen LogP contribution >= 0.6 is 0 Å². The van der Waals surface area contributed by atoms with Gasteiger partial charge in [0.25, 0.3) is 0 Å². The number of rotatable bonds is 5. The molecule has 1 aromatic heterocycles. The van der Waals surface area contributed by atoms with Gasteiger partial charge in [-0.15, -0.1) is 0 Å². The normalized spacial score (nSPS) is 23.4. The van der Waals surface area contributed by atoms with Gasteiger partial charge in [-0.2, -0.15) is 10.4 Å². The minimum Gasteiger partial charge on any atom is -0.463 e. The lowest BCUT2D eigenvalue weighted by molar-refractivity contribution is -0.166. The first-order chi connectivity index (χ1) is 13.8. The number of nitriles is 1. The maximum atomic E-state index is 11.7. The van der Waals surface area contributed by atoms with Gasteiger partial charge in [-0.05, 0) is 12.1 Å². The molecule has 0 bridgehead atoms. The molecular weight excluding hydrogens is 382 g/mol. The number of esters is 3. The Morgan fingerprint density at radius 3 is 2.38 bits per heavy atom. The van der Waals surface area contributed by atoms with Crippen LogP contribution in [-0.4, -0.2) is 52.6 Å².